The van der Waals surface area contributed by atoms with E-state index in [2.05, 4.69) is 10.6 Å². The van der Waals surface area contributed by atoms with E-state index in [0.29, 0.717) is 23.4 Å². The normalized spacial score (nSPS) is 13.0. The second-order valence-electron chi connectivity index (χ2n) is 6.30. The van der Waals surface area contributed by atoms with Gasteiger partial charge >= 0.3 is 0 Å². The van der Waals surface area contributed by atoms with E-state index in [1.165, 1.54) is 0 Å². The molecule has 2 aromatic rings. The van der Waals surface area contributed by atoms with Gasteiger partial charge in [-0.1, -0.05) is 43.3 Å². The van der Waals surface area contributed by atoms with Crippen LogP contribution in [-0.4, -0.2) is 16.9 Å². The Labute approximate surface area is 148 Å². The van der Waals surface area contributed by atoms with Crippen LogP contribution in [-0.2, 0) is 15.2 Å². The first-order chi connectivity index (χ1) is 11.8. The molecule has 0 spiro atoms. The number of nitrogens with one attached hydrogen (secondary N) is 2. The van der Waals surface area contributed by atoms with Crippen LogP contribution >= 0.6 is 0 Å². The number of aryl methyl sites for hydroxylation is 1. The number of benzene rings is 2. The van der Waals surface area contributed by atoms with Gasteiger partial charge in [0.05, 0.1) is 12.0 Å². The third kappa shape index (κ3) is 5.16. The standard InChI is InChI=1S/C20H24N2O3/c1-4-18(23)21-16-11-10-14(2)17(12-16)22-19(24)13-20(3,25)15-8-6-5-7-9-15/h5-12,25H,4,13H2,1-3H3,(H,21,23)(H,22,24). The molecule has 2 amide bonds. The van der Waals surface area contributed by atoms with Gasteiger partial charge in [0.25, 0.3) is 0 Å². The number of carbonyl (C=O) groups is 2. The summed E-state index contributed by atoms with van der Waals surface area (Å²) in [5.41, 5.74) is 1.55. The lowest BCUT2D eigenvalue weighted by atomic mass is 9.92. The predicted molar refractivity (Wildman–Crippen MR) is 99.4 cm³/mol. The third-order valence-electron chi connectivity index (χ3n) is 4.02. The smallest absolute Gasteiger partial charge is 0.227 e. The molecule has 0 aromatic heterocycles. The summed E-state index contributed by atoms with van der Waals surface area (Å²) in [6, 6.07) is 14.4. The topological polar surface area (TPSA) is 78.4 Å². The van der Waals surface area contributed by atoms with Crippen molar-refractivity contribution in [2.75, 3.05) is 10.6 Å². The van der Waals surface area contributed by atoms with Gasteiger partial charge < -0.3 is 15.7 Å². The Morgan fingerprint density at radius 1 is 1.04 bits per heavy atom. The summed E-state index contributed by atoms with van der Waals surface area (Å²) in [5.74, 6) is -0.385. The van der Waals surface area contributed by atoms with Crippen LogP contribution in [0.2, 0.25) is 0 Å². The first-order valence-corrected chi connectivity index (χ1v) is 8.30. The van der Waals surface area contributed by atoms with Crippen LogP contribution in [0, 0.1) is 6.92 Å². The monoisotopic (exact) mass is 340 g/mol. The molecule has 0 fully saturated rings. The Morgan fingerprint density at radius 2 is 1.72 bits per heavy atom. The van der Waals surface area contributed by atoms with Crippen LogP contribution in [0.1, 0.15) is 37.8 Å². The average molecular weight is 340 g/mol. The van der Waals surface area contributed by atoms with Crippen molar-refractivity contribution in [3.63, 3.8) is 0 Å². The molecule has 0 saturated heterocycles. The summed E-state index contributed by atoms with van der Waals surface area (Å²) in [6.07, 6.45) is 0.317. The van der Waals surface area contributed by atoms with Gasteiger partial charge in [0.2, 0.25) is 11.8 Å². The van der Waals surface area contributed by atoms with Crippen LogP contribution in [0.15, 0.2) is 48.5 Å². The zero-order valence-electron chi connectivity index (χ0n) is 14.8. The summed E-state index contributed by atoms with van der Waals surface area (Å²) in [4.78, 5) is 23.9. The van der Waals surface area contributed by atoms with Crippen molar-refractivity contribution >= 4 is 23.2 Å². The average Bonchev–Trinajstić information content (AvgIpc) is 2.58. The molecule has 5 nitrogen and oxygen atoms in total. The molecular formula is C20H24N2O3. The summed E-state index contributed by atoms with van der Waals surface area (Å²) in [7, 11) is 0. The Morgan fingerprint density at radius 3 is 2.36 bits per heavy atom. The molecule has 0 aliphatic heterocycles. The van der Waals surface area contributed by atoms with Crippen LogP contribution in [0.3, 0.4) is 0 Å². The van der Waals surface area contributed by atoms with Gasteiger partial charge in [-0.05, 0) is 37.1 Å². The highest BCUT2D eigenvalue weighted by Gasteiger charge is 2.26. The van der Waals surface area contributed by atoms with E-state index in [1.54, 1.807) is 38.1 Å². The number of anilines is 2. The Balaban J connectivity index is 2.09. The molecule has 0 aliphatic rings. The van der Waals surface area contributed by atoms with Gasteiger partial charge in [0, 0.05) is 17.8 Å². The first-order valence-electron chi connectivity index (χ1n) is 8.30. The lowest BCUT2D eigenvalue weighted by Crippen LogP contribution is -2.28. The second kappa shape index (κ2) is 7.94. The molecule has 25 heavy (non-hydrogen) atoms. The van der Waals surface area contributed by atoms with Crippen LogP contribution in [0.5, 0.6) is 0 Å². The zero-order chi connectivity index (χ0) is 18.4. The first kappa shape index (κ1) is 18.7. The van der Waals surface area contributed by atoms with Gasteiger partial charge in [-0.15, -0.1) is 0 Å². The van der Waals surface area contributed by atoms with E-state index >= 15 is 0 Å². The number of rotatable bonds is 6. The number of hydrogen-bond acceptors (Lipinski definition) is 3. The molecule has 2 rings (SSSR count). The molecule has 0 saturated carbocycles. The fourth-order valence-corrected chi connectivity index (χ4v) is 2.49. The minimum absolute atomic E-state index is 0.0675. The van der Waals surface area contributed by atoms with Crippen molar-refractivity contribution in [1.82, 2.24) is 0 Å². The summed E-state index contributed by atoms with van der Waals surface area (Å²) < 4.78 is 0. The molecule has 2 aromatic carbocycles. The second-order valence-corrected chi connectivity index (χ2v) is 6.30. The maximum Gasteiger partial charge on any atom is 0.227 e. The molecule has 0 aliphatic carbocycles. The number of carbonyl (C=O) groups excluding carboxylic acids is 2. The van der Waals surface area contributed by atoms with Crippen molar-refractivity contribution in [3.05, 3.63) is 59.7 Å². The molecular weight excluding hydrogens is 316 g/mol. The van der Waals surface area contributed by atoms with Gasteiger partial charge in [0.15, 0.2) is 0 Å². The predicted octanol–water partition coefficient (Wildman–Crippen LogP) is 3.58. The number of aliphatic hydroxyl groups is 1. The van der Waals surface area contributed by atoms with E-state index in [9.17, 15) is 14.7 Å². The van der Waals surface area contributed by atoms with E-state index in [-0.39, 0.29) is 18.2 Å². The Bertz CT molecular complexity index is 755. The molecule has 3 N–H and O–H groups in total. The zero-order valence-corrected chi connectivity index (χ0v) is 14.8. The summed E-state index contributed by atoms with van der Waals surface area (Å²) >= 11 is 0. The quantitative estimate of drug-likeness (QED) is 0.752. The van der Waals surface area contributed by atoms with Crippen molar-refractivity contribution in [2.45, 2.75) is 39.2 Å². The minimum Gasteiger partial charge on any atom is -0.385 e. The lowest BCUT2D eigenvalue weighted by molar-refractivity contribution is -0.120. The fraction of sp³-hybridized carbons (Fsp3) is 0.300. The molecule has 1 unspecified atom stereocenters. The fourth-order valence-electron chi connectivity index (χ4n) is 2.49. The van der Waals surface area contributed by atoms with E-state index in [4.69, 9.17) is 0 Å². The summed E-state index contributed by atoms with van der Waals surface area (Å²) in [5, 5.41) is 16.2. The van der Waals surface area contributed by atoms with Crippen LogP contribution < -0.4 is 10.6 Å². The highest BCUT2D eigenvalue weighted by molar-refractivity contribution is 5.95. The van der Waals surface area contributed by atoms with Gasteiger partial charge in [0.1, 0.15) is 0 Å². The Kier molecular flexibility index (Phi) is 5.93. The van der Waals surface area contributed by atoms with Crippen LogP contribution in [0.4, 0.5) is 11.4 Å². The van der Waals surface area contributed by atoms with Crippen molar-refractivity contribution < 1.29 is 14.7 Å². The third-order valence-corrected chi connectivity index (χ3v) is 4.02. The number of hydrogen-bond donors (Lipinski definition) is 3. The lowest BCUT2D eigenvalue weighted by Gasteiger charge is -2.23. The van der Waals surface area contributed by atoms with Gasteiger partial charge in [-0.3, -0.25) is 9.59 Å². The maximum atomic E-state index is 12.4. The Hall–Kier alpha value is -2.66. The van der Waals surface area contributed by atoms with Crippen molar-refractivity contribution in [2.24, 2.45) is 0 Å². The van der Waals surface area contributed by atoms with Gasteiger partial charge in [-0.2, -0.15) is 0 Å². The maximum absolute atomic E-state index is 12.4. The van der Waals surface area contributed by atoms with E-state index in [1.807, 2.05) is 31.2 Å². The highest BCUT2D eigenvalue weighted by Crippen LogP contribution is 2.26. The van der Waals surface area contributed by atoms with Crippen LogP contribution in [0.25, 0.3) is 0 Å². The molecule has 0 radical (unpaired) electrons. The molecule has 0 heterocycles. The minimum atomic E-state index is -1.26. The van der Waals surface area contributed by atoms with Crippen molar-refractivity contribution in [1.29, 1.82) is 0 Å². The summed E-state index contributed by atoms with van der Waals surface area (Å²) in [6.45, 7) is 5.26. The van der Waals surface area contributed by atoms with E-state index in [0.717, 1.165) is 5.56 Å². The number of amides is 2. The van der Waals surface area contributed by atoms with Crippen molar-refractivity contribution in [3.8, 4) is 0 Å². The van der Waals surface area contributed by atoms with Gasteiger partial charge in [-0.25, -0.2) is 0 Å². The molecule has 0 bridgehead atoms. The molecule has 5 heteroatoms. The molecule has 1 atom stereocenters. The highest BCUT2D eigenvalue weighted by atomic mass is 16.3. The van der Waals surface area contributed by atoms with E-state index < -0.39 is 5.60 Å². The molecule has 132 valence electrons. The largest absolute Gasteiger partial charge is 0.385 e. The SMILES string of the molecule is CCC(=O)Nc1ccc(C)c(NC(=O)CC(C)(O)c2ccccc2)c1.